The summed E-state index contributed by atoms with van der Waals surface area (Å²) in [4.78, 5) is 4.87. The van der Waals surface area contributed by atoms with Gasteiger partial charge in [0.05, 0.1) is 11.6 Å². The fraction of sp³-hybridized carbons (Fsp3) is 0.211. The molecule has 0 radical (unpaired) electrons. The molecule has 0 aliphatic heterocycles. The van der Waals surface area contributed by atoms with E-state index in [0.29, 0.717) is 0 Å². The predicted molar refractivity (Wildman–Crippen MR) is 89.9 cm³/mol. The summed E-state index contributed by atoms with van der Waals surface area (Å²) in [5, 5.41) is 3.40. The highest BCUT2D eigenvalue weighted by Gasteiger charge is 2.19. The quantitative estimate of drug-likeness (QED) is 0.624. The van der Waals surface area contributed by atoms with Gasteiger partial charge in [0.25, 0.3) is 0 Å². The highest BCUT2D eigenvalue weighted by Crippen LogP contribution is 2.33. The van der Waals surface area contributed by atoms with Crippen LogP contribution in [0.5, 0.6) is 0 Å². The van der Waals surface area contributed by atoms with E-state index >= 15 is 0 Å². The van der Waals surface area contributed by atoms with Gasteiger partial charge in [-0.25, -0.2) is 4.98 Å². The van der Waals surface area contributed by atoms with Crippen LogP contribution in [-0.4, -0.2) is 4.98 Å². The molecule has 0 unspecified atom stereocenters. The third-order valence-electron chi connectivity index (χ3n) is 3.59. The Morgan fingerprint density at radius 2 is 1.48 bits per heavy atom. The molecular formula is C19H19NS. The van der Waals surface area contributed by atoms with Crippen LogP contribution < -0.4 is 0 Å². The molecule has 3 aromatic rings. The molecule has 0 N–H and O–H groups in total. The maximum Gasteiger partial charge on any atom is 0.105 e. The van der Waals surface area contributed by atoms with Crippen LogP contribution in [0.15, 0.2) is 66.0 Å². The van der Waals surface area contributed by atoms with Gasteiger partial charge in [-0.1, -0.05) is 74.0 Å². The van der Waals surface area contributed by atoms with Gasteiger partial charge in [-0.3, -0.25) is 0 Å². The van der Waals surface area contributed by atoms with Crippen molar-refractivity contribution in [2.24, 2.45) is 0 Å². The van der Waals surface area contributed by atoms with Crippen molar-refractivity contribution in [3.8, 4) is 0 Å². The summed E-state index contributed by atoms with van der Waals surface area (Å²) in [7, 11) is 0. The molecule has 0 fully saturated rings. The summed E-state index contributed by atoms with van der Waals surface area (Å²) in [6.45, 7) is 2.20. The third kappa shape index (κ3) is 3.22. The van der Waals surface area contributed by atoms with Crippen molar-refractivity contribution in [3.63, 3.8) is 0 Å². The van der Waals surface area contributed by atoms with Gasteiger partial charge in [0, 0.05) is 5.38 Å². The SMILES string of the molecule is CCCc1csc(C(c2ccccc2)c2ccccc2)n1. The molecule has 106 valence electrons. The lowest BCUT2D eigenvalue weighted by molar-refractivity contribution is 0.866. The number of nitrogens with zero attached hydrogens (tertiary/aromatic N) is 1. The normalized spacial score (nSPS) is 11.0. The zero-order valence-electron chi connectivity index (χ0n) is 12.2. The maximum atomic E-state index is 4.87. The summed E-state index contributed by atoms with van der Waals surface area (Å²) in [5.41, 5.74) is 3.83. The highest BCUT2D eigenvalue weighted by molar-refractivity contribution is 7.09. The Labute approximate surface area is 130 Å². The average molecular weight is 293 g/mol. The summed E-state index contributed by atoms with van der Waals surface area (Å²) >= 11 is 1.78. The number of benzene rings is 2. The van der Waals surface area contributed by atoms with Crippen molar-refractivity contribution < 1.29 is 0 Å². The lowest BCUT2D eigenvalue weighted by Crippen LogP contribution is -2.03. The summed E-state index contributed by atoms with van der Waals surface area (Å²) < 4.78 is 0. The summed E-state index contributed by atoms with van der Waals surface area (Å²) in [5.74, 6) is 0.239. The summed E-state index contributed by atoms with van der Waals surface area (Å²) in [6, 6.07) is 21.3. The van der Waals surface area contributed by atoms with Crippen LogP contribution in [0.2, 0.25) is 0 Å². The number of thiazole rings is 1. The van der Waals surface area contributed by atoms with E-state index in [-0.39, 0.29) is 5.92 Å². The van der Waals surface area contributed by atoms with Crippen molar-refractivity contribution in [1.82, 2.24) is 4.98 Å². The van der Waals surface area contributed by atoms with Crippen molar-refractivity contribution in [1.29, 1.82) is 0 Å². The van der Waals surface area contributed by atoms with Crippen LogP contribution in [0.4, 0.5) is 0 Å². The Morgan fingerprint density at radius 3 is 2.00 bits per heavy atom. The molecule has 0 aliphatic carbocycles. The van der Waals surface area contributed by atoms with Gasteiger partial charge in [0.2, 0.25) is 0 Å². The van der Waals surface area contributed by atoms with Crippen molar-refractivity contribution in [2.45, 2.75) is 25.7 Å². The lowest BCUT2D eigenvalue weighted by atomic mass is 9.92. The van der Waals surface area contributed by atoms with Gasteiger partial charge in [-0.15, -0.1) is 11.3 Å². The zero-order valence-corrected chi connectivity index (χ0v) is 13.0. The molecule has 0 saturated heterocycles. The molecule has 2 aromatic carbocycles. The minimum Gasteiger partial charge on any atom is -0.245 e. The third-order valence-corrected chi connectivity index (χ3v) is 4.55. The second kappa shape index (κ2) is 6.68. The smallest absolute Gasteiger partial charge is 0.105 e. The van der Waals surface area contributed by atoms with E-state index in [1.165, 1.54) is 21.8 Å². The van der Waals surface area contributed by atoms with Crippen LogP contribution in [0.25, 0.3) is 0 Å². The van der Waals surface area contributed by atoms with Gasteiger partial charge in [0.1, 0.15) is 5.01 Å². The number of hydrogen-bond donors (Lipinski definition) is 0. The van der Waals surface area contributed by atoms with E-state index in [2.05, 4.69) is 73.0 Å². The minimum atomic E-state index is 0.239. The van der Waals surface area contributed by atoms with Gasteiger partial charge in [0.15, 0.2) is 0 Å². The fourth-order valence-corrected chi connectivity index (χ4v) is 3.60. The van der Waals surface area contributed by atoms with E-state index in [1.54, 1.807) is 11.3 Å². The van der Waals surface area contributed by atoms with Gasteiger partial charge < -0.3 is 0 Å². The Kier molecular flexibility index (Phi) is 4.46. The topological polar surface area (TPSA) is 12.9 Å². The second-order valence-electron chi connectivity index (χ2n) is 5.18. The largest absolute Gasteiger partial charge is 0.245 e. The van der Waals surface area contributed by atoms with E-state index in [1.807, 2.05) is 0 Å². The molecule has 0 atom stereocenters. The molecule has 3 rings (SSSR count). The first-order chi connectivity index (χ1) is 10.4. The molecule has 1 nitrogen and oxygen atoms in total. The van der Waals surface area contributed by atoms with Crippen LogP contribution in [-0.2, 0) is 6.42 Å². The van der Waals surface area contributed by atoms with Gasteiger partial charge in [-0.2, -0.15) is 0 Å². The zero-order chi connectivity index (χ0) is 14.5. The van der Waals surface area contributed by atoms with Crippen LogP contribution in [0.3, 0.4) is 0 Å². The first-order valence-corrected chi connectivity index (χ1v) is 8.30. The number of aryl methyl sites for hydroxylation is 1. The molecular weight excluding hydrogens is 274 g/mol. The molecule has 0 bridgehead atoms. The predicted octanol–water partition coefficient (Wildman–Crippen LogP) is 5.28. The molecule has 0 saturated carbocycles. The number of rotatable bonds is 5. The van der Waals surface area contributed by atoms with Crippen LogP contribution >= 0.6 is 11.3 Å². The Morgan fingerprint density at radius 1 is 0.905 bits per heavy atom. The highest BCUT2D eigenvalue weighted by atomic mass is 32.1. The maximum absolute atomic E-state index is 4.87. The first-order valence-electron chi connectivity index (χ1n) is 7.42. The van der Waals surface area contributed by atoms with E-state index in [9.17, 15) is 0 Å². The average Bonchev–Trinajstić information content (AvgIpc) is 2.98. The summed E-state index contributed by atoms with van der Waals surface area (Å²) in [6.07, 6.45) is 2.21. The Bertz CT molecular complexity index is 634. The van der Waals surface area contributed by atoms with Gasteiger partial charge in [-0.05, 0) is 17.5 Å². The van der Waals surface area contributed by atoms with E-state index < -0.39 is 0 Å². The molecule has 0 spiro atoms. The standard InChI is InChI=1S/C19H19NS/c1-2-9-17-14-21-19(20-17)18(15-10-5-3-6-11-15)16-12-7-4-8-13-16/h3-8,10-14,18H,2,9H2,1H3. The second-order valence-corrected chi connectivity index (χ2v) is 6.07. The van der Waals surface area contributed by atoms with Crippen molar-refractivity contribution >= 4 is 11.3 Å². The molecule has 2 heteroatoms. The first kappa shape index (κ1) is 14.0. The van der Waals surface area contributed by atoms with Crippen molar-refractivity contribution in [2.75, 3.05) is 0 Å². The lowest BCUT2D eigenvalue weighted by Gasteiger charge is -2.15. The Hall–Kier alpha value is -1.93. The molecule has 1 aromatic heterocycles. The van der Waals surface area contributed by atoms with E-state index in [0.717, 1.165) is 12.8 Å². The van der Waals surface area contributed by atoms with Crippen LogP contribution in [0.1, 0.15) is 41.1 Å². The molecule has 1 heterocycles. The minimum absolute atomic E-state index is 0.239. The molecule has 21 heavy (non-hydrogen) atoms. The fourth-order valence-electron chi connectivity index (χ4n) is 2.59. The van der Waals surface area contributed by atoms with Gasteiger partial charge >= 0.3 is 0 Å². The van der Waals surface area contributed by atoms with E-state index in [4.69, 9.17) is 4.98 Å². The monoisotopic (exact) mass is 293 g/mol. The molecule has 0 amide bonds. The number of aromatic nitrogens is 1. The van der Waals surface area contributed by atoms with Crippen molar-refractivity contribution in [3.05, 3.63) is 87.9 Å². The molecule has 0 aliphatic rings. The van der Waals surface area contributed by atoms with Crippen LogP contribution in [0, 0.1) is 0 Å². The number of hydrogen-bond acceptors (Lipinski definition) is 2. The Balaban J connectivity index is 2.03.